The van der Waals surface area contributed by atoms with Gasteiger partial charge in [-0.3, -0.25) is 19.2 Å². The molecule has 3 N–H and O–H groups in total. The lowest BCUT2D eigenvalue weighted by molar-refractivity contribution is -0.226. The van der Waals surface area contributed by atoms with Crippen LogP contribution < -0.4 is 16.0 Å². The van der Waals surface area contributed by atoms with Crippen LogP contribution in [0, 0.1) is 0 Å². The Labute approximate surface area is 178 Å². The van der Waals surface area contributed by atoms with Crippen molar-refractivity contribution in [2.45, 2.75) is 58.3 Å². The molecule has 30 heavy (non-hydrogen) atoms. The maximum Gasteiger partial charge on any atom is 0.316 e. The summed E-state index contributed by atoms with van der Waals surface area (Å²) in [5, 5.41) is 7.48. The van der Waals surface area contributed by atoms with E-state index in [1.807, 2.05) is 0 Å². The second-order valence-electron chi connectivity index (χ2n) is 6.36. The Morgan fingerprint density at radius 2 is 1.50 bits per heavy atom. The highest BCUT2D eigenvalue weighted by atomic mass is 35.5. The van der Waals surface area contributed by atoms with Crippen LogP contribution in [0.25, 0.3) is 0 Å². The Bertz CT molecular complexity index is 660. The van der Waals surface area contributed by atoms with Crippen molar-refractivity contribution in [3.63, 3.8) is 0 Å². The third-order valence-corrected chi connectivity index (χ3v) is 3.96. The molecule has 1 aliphatic rings. The second kappa shape index (κ2) is 12.2. The van der Waals surface area contributed by atoms with Gasteiger partial charge in [0.25, 0.3) is 0 Å². The van der Waals surface area contributed by atoms with Gasteiger partial charge in [0.2, 0.25) is 5.91 Å². The predicted octanol–water partition coefficient (Wildman–Crippen LogP) is -0.819. The van der Waals surface area contributed by atoms with Gasteiger partial charge in [0, 0.05) is 40.1 Å². The molecule has 1 rings (SSSR count). The van der Waals surface area contributed by atoms with Crippen LogP contribution in [0.1, 0.15) is 27.7 Å². The van der Waals surface area contributed by atoms with Crippen molar-refractivity contribution in [1.82, 2.24) is 16.0 Å². The third kappa shape index (κ3) is 8.41. The molecule has 1 aliphatic heterocycles. The minimum absolute atomic E-state index is 0.158. The summed E-state index contributed by atoms with van der Waals surface area (Å²) < 4.78 is 21.3. The zero-order valence-corrected chi connectivity index (χ0v) is 17.8. The van der Waals surface area contributed by atoms with E-state index >= 15 is 0 Å². The molecule has 0 unspecified atom stereocenters. The van der Waals surface area contributed by atoms with Gasteiger partial charge in [-0.1, -0.05) is 0 Å². The fraction of sp³-hybridized carbons (Fsp3) is 0.706. The van der Waals surface area contributed by atoms with Crippen LogP contribution in [-0.2, 0) is 38.1 Å². The lowest BCUT2D eigenvalue weighted by atomic mass is 9.95. The fourth-order valence-electron chi connectivity index (χ4n) is 2.80. The van der Waals surface area contributed by atoms with Crippen LogP contribution in [0.15, 0.2) is 0 Å². The third-order valence-electron chi connectivity index (χ3n) is 3.77. The zero-order chi connectivity index (χ0) is 22.8. The monoisotopic (exact) mass is 451 g/mol. The maximum absolute atomic E-state index is 12.1. The first-order chi connectivity index (χ1) is 14.0. The number of halogens is 1. The van der Waals surface area contributed by atoms with Crippen LogP contribution in [0.4, 0.5) is 4.79 Å². The summed E-state index contributed by atoms with van der Waals surface area (Å²) in [4.78, 5) is 58.4. The number of urea groups is 1. The molecule has 1 saturated heterocycles. The smallest absolute Gasteiger partial charge is 0.316 e. The average Bonchev–Trinajstić information content (AvgIpc) is 2.62. The van der Waals surface area contributed by atoms with E-state index in [2.05, 4.69) is 16.0 Å². The van der Waals surface area contributed by atoms with E-state index in [4.69, 9.17) is 30.5 Å². The normalized spacial score (nSPS) is 25.4. The van der Waals surface area contributed by atoms with Crippen LogP contribution in [0.3, 0.4) is 0 Å². The average molecular weight is 452 g/mol. The highest BCUT2D eigenvalue weighted by Gasteiger charge is 2.51. The molecule has 0 spiro atoms. The summed E-state index contributed by atoms with van der Waals surface area (Å²) in [5.41, 5.74) is 0. The van der Waals surface area contributed by atoms with Gasteiger partial charge in [0.1, 0.15) is 18.8 Å². The highest BCUT2D eigenvalue weighted by molar-refractivity contribution is 6.18. The molecule has 1 heterocycles. The molecular formula is C17H26ClN3O9. The van der Waals surface area contributed by atoms with Gasteiger partial charge in [-0.2, -0.15) is 0 Å². The fourth-order valence-corrected chi connectivity index (χ4v) is 2.89. The number of ether oxygens (including phenoxy) is 4. The van der Waals surface area contributed by atoms with Gasteiger partial charge in [0.15, 0.2) is 18.4 Å². The van der Waals surface area contributed by atoms with Crippen LogP contribution in [-0.4, -0.2) is 79.5 Å². The van der Waals surface area contributed by atoms with Gasteiger partial charge in [-0.15, -0.1) is 11.6 Å². The molecular weight excluding hydrogens is 426 g/mol. The first-order valence-electron chi connectivity index (χ1n) is 9.05. The summed E-state index contributed by atoms with van der Waals surface area (Å²) in [6, 6.07) is -1.79. The number of alkyl halides is 1. The number of nitrogens with one attached hydrogen (secondary N) is 3. The predicted molar refractivity (Wildman–Crippen MR) is 101 cm³/mol. The van der Waals surface area contributed by atoms with E-state index in [9.17, 15) is 24.0 Å². The molecule has 0 aromatic heterocycles. The van der Waals surface area contributed by atoms with Crippen molar-refractivity contribution < 1.29 is 42.9 Å². The minimum Gasteiger partial charge on any atom is -0.463 e. The quantitative estimate of drug-likeness (QED) is 0.243. The van der Waals surface area contributed by atoms with E-state index in [-0.39, 0.29) is 19.0 Å². The molecule has 170 valence electrons. The minimum atomic E-state index is -1.25. The number of hydrogen-bond donors (Lipinski definition) is 3. The summed E-state index contributed by atoms with van der Waals surface area (Å²) >= 11 is 5.54. The molecule has 3 amide bonds. The molecule has 0 aliphatic carbocycles. The lowest BCUT2D eigenvalue weighted by Gasteiger charge is -2.45. The van der Waals surface area contributed by atoms with Gasteiger partial charge in [0.05, 0.1) is 0 Å². The SMILES string of the molecule is CC(=O)N[C@H]1[C@@H](OC(C)=O)[C@H](OC(C)=O)[C@@H](COC(C)=O)O[C@H]1NC(=O)NCCCl. The van der Waals surface area contributed by atoms with Crippen LogP contribution >= 0.6 is 11.6 Å². The Hall–Kier alpha value is -2.60. The molecule has 1 fully saturated rings. The van der Waals surface area contributed by atoms with Gasteiger partial charge >= 0.3 is 23.9 Å². The molecule has 13 heteroatoms. The summed E-state index contributed by atoms with van der Waals surface area (Å²) in [5.74, 6) is -2.44. The Kier molecular flexibility index (Phi) is 10.3. The van der Waals surface area contributed by atoms with Crippen molar-refractivity contribution in [3.05, 3.63) is 0 Å². The highest BCUT2D eigenvalue weighted by Crippen LogP contribution is 2.26. The zero-order valence-electron chi connectivity index (χ0n) is 17.1. The molecule has 0 bridgehead atoms. The van der Waals surface area contributed by atoms with Crippen molar-refractivity contribution in [3.8, 4) is 0 Å². The lowest BCUT2D eigenvalue weighted by Crippen LogP contribution is -2.70. The standard InChI is InChI=1S/C17H26ClN3O9/c1-8(22)20-13-15(29-11(4)25)14(28-10(3)24)12(7-27-9(2)23)30-16(13)21-17(26)19-6-5-18/h12-16H,5-7H2,1-4H3,(H,20,22)(H2,19,21,26)/t12-,13+,14-,15-,16-/m1/s1. The molecule has 0 saturated carbocycles. The van der Waals surface area contributed by atoms with Crippen molar-refractivity contribution in [2.75, 3.05) is 19.0 Å². The molecule has 12 nitrogen and oxygen atoms in total. The summed E-state index contributed by atoms with van der Waals surface area (Å²) in [7, 11) is 0. The number of carbonyl (C=O) groups is 5. The van der Waals surface area contributed by atoms with Crippen molar-refractivity contribution in [1.29, 1.82) is 0 Å². The van der Waals surface area contributed by atoms with Crippen LogP contribution in [0.2, 0.25) is 0 Å². The molecule has 5 atom stereocenters. The second-order valence-corrected chi connectivity index (χ2v) is 6.74. The van der Waals surface area contributed by atoms with Crippen LogP contribution in [0.5, 0.6) is 0 Å². The number of hydrogen-bond acceptors (Lipinski definition) is 9. The van der Waals surface area contributed by atoms with Gasteiger partial charge in [-0.25, -0.2) is 4.79 Å². The topological polar surface area (TPSA) is 158 Å². The van der Waals surface area contributed by atoms with E-state index in [1.54, 1.807) is 0 Å². The first-order valence-corrected chi connectivity index (χ1v) is 9.59. The number of amides is 3. The number of esters is 3. The van der Waals surface area contributed by atoms with E-state index in [0.29, 0.717) is 0 Å². The van der Waals surface area contributed by atoms with E-state index in [1.165, 1.54) is 13.8 Å². The van der Waals surface area contributed by atoms with Crippen molar-refractivity contribution in [2.24, 2.45) is 0 Å². The van der Waals surface area contributed by atoms with Gasteiger partial charge in [-0.05, 0) is 0 Å². The Morgan fingerprint density at radius 3 is 2.00 bits per heavy atom. The number of rotatable bonds is 8. The maximum atomic E-state index is 12.1. The Balaban J connectivity index is 3.27. The molecule has 0 aromatic rings. The Morgan fingerprint density at radius 1 is 0.900 bits per heavy atom. The van der Waals surface area contributed by atoms with Gasteiger partial charge < -0.3 is 34.9 Å². The number of carbonyl (C=O) groups excluding carboxylic acids is 5. The molecule has 0 aromatic carbocycles. The first kappa shape index (κ1) is 25.4. The van der Waals surface area contributed by atoms with E-state index in [0.717, 1.165) is 13.8 Å². The summed E-state index contributed by atoms with van der Waals surface area (Å²) in [6.07, 6.45) is -4.80. The van der Waals surface area contributed by atoms with E-state index < -0.39 is 60.4 Å². The largest absolute Gasteiger partial charge is 0.463 e. The molecule has 0 radical (unpaired) electrons. The van der Waals surface area contributed by atoms with Crippen molar-refractivity contribution >= 4 is 41.4 Å². The summed E-state index contributed by atoms with van der Waals surface area (Å²) in [6.45, 7) is 4.43.